The molecule has 0 aliphatic rings. The van der Waals surface area contributed by atoms with Gasteiger partial charge in [-0.2, -0.15) is 0 Å². The fourth-order valence-electron chi connectivity index (χ4n) is 3.96. The van der Waals surface area contributed by atoms with Crippen LogP contribution in [-0.2, 0) is 6.54 Å². The van der Waals surface area contributed by atoms with E-state index >= 15 is 0 Å². The maximum absolute atomic E-state index is 13.9. The Labute approximate surface area is 212 Å². The van der Waals surface area contributed by atoms with Crippen molar-refractivity contribution in [2.24, 2.45) is 0 Å². The summed E-state index contributed by atoms with van der Waals surface area (Å²) in [5.74, 6) is -0.148. The van der Waals surface area contributed by atoms with Crippen molar-refractivity contribution in [1.29, 1.82) is 0 Å². The van der Waals surface area contributed by atoms with Gasteiger partial charge in [0.25, 0.3) is 0 Å². The minimum Gasteiger partial charge on any atom is -0.410 e. The first-order valence-electron chi connectivity index (χ1n) is 10.8. The molecular formula is C26H22Cl3FN2O2. The molecule has 0 fully saturated rings. The van der Waals surface area contributed by atoms with E-state index in [0.29, 0.717) is 46.6 Å². The van der Waals surface area contributed by atoms with Crippen LogP contribution in [0.2, 0.25) is 15.1 Å². The largest absolute Gasteiger partial charge is 0.415 e. The number of hydrogen-bond donors (Lipinski definition) is 0. The van der Waals surface area contributed by atoms with E-state index in [9.17, 15) is 9.18 Å². The summed E-state index contributed by atoms with van der Waals surface area (Å²) in [6.45, 7) is 5.35. The van der Waals surface area contributed by atoms with E-state index in [1.807, 2.05) is 48.9 Å². The van der Waals surface area contributed by atoms with Gasteiger partial charge in [0.2, 0.25) is 0 Å². The highest BCUT2D eigenvalue weighted by Gasteiger charge is 2.20. The molecule has 4 rings (SSSR count). The zero-order valence-electron chi connectivity index (χ0n) is 18.6. The van der Waals surface area contributed by atoms with Crippen LogP contribution in [0.3, 0.4) is 0 Å². The molecule has 1 amide bonds. The first kappa shape index (κ1) is 24.4. The zero-order valence-corrected chi connectivity index (χ0v) is 20.9. The van der Waals surface area contributed by atoms with E-state index < -0.39 is 11.9 Å². The van der Waals surface area contributed by atoms with Crippen molar-refractivity contribution in [3.63, 3.8) is 0 Å². The molecule has 0 spiro atoms. The lowest BCUT2D eigenvalue weighted by atomic mass is 10.0. The number of amides is 1. The molecular weight excluding hydrogens is 498 g/mol. The van der Waals surface area contributed by atoms with Crippen LogP contribution in [0.15, 0.2) is 60.8 Å². The minimum atomic E-state index is -0.519. The van der Waals surface area contributed by atoms with Crippen molar-refractivity contribution in [3.8, 4) is 16.9 Å². The van der Waals surface area contributed by atoms with Crippen molar-refractivity contribution in [2.45, 2.75) is 20.4 Å². The Morgan fingerprint density at radius 3 is 2.32 bits per heavy atom. The lowest BCUT2D eigenvalue weighted by Crippen LogP contribution is -2.33. The molecule has 0 saturated carbocycles. The molecule has 176 valence electrons. The van der Waals surface area contributed by atoms with Gasteiger partial charge in [-0.05, 0) is 73.5 Å². The molecule has 1 heterocycles. The van der Waals surface area contributed by atoms with E-state index in [-0.39, 0.29) is 5.02 Å². The van der Waals surface area contributed by atoms with Gasteiger partial charge in [0.05, 0.1) is 5.02 Å². The first-order chi connectivity index (χ1) is 16.3. The molecule has 0 aliphatic carbocycles. The van der Waals surface area contributed by atoms with E-state index in [1.165, 1.54) is 12.1 Å². The van der Waals surface area contributed by atoms with Crippen LogP contribution >= 0.6 is 34.8 Å². The number of halogens is 4. The van der Waals surface area contributed by atoms with E-state index in [4.69, 9.17) is 39.5 Å². The highest BCUT2D eigenvalue weighted by molar-refractivity contribution is 6.34. The Morgan fingerprint density at radius 1 is 0.971 bits per heavy atom. The Bertz CT molecular complexity index is 1350. The minimum absolute atomic E-state index is 0.0106. The highest BCUT2D eigenvalue weighted by Crippen LogP contribution is 2.39. The molecule has 0 atom stereocenters. The molecule has 0 radical (unpaired) electrons. The number of aromatic nitrogens is 1. The number of nitrogens with zero attached hydrogens (tertiary/aromatic N) is 2. The Morgan fingerprint density at radius 2 is 1.68 bits per heavy atom. The lowest BCUT2D eigenvalue weighted by Gasteiger charge is -2.20. The first-order valence-corrected chi connectivity index (χ1v) is 11.9. The number of benzene rings is 3. The standard InChI is InChI=1S/C26H22Cl3FN2O2/c1-3-31(4-2)26(33)34-24-8-7-23-20(25(24)17-5-6-22(30)21(29)13-17)9-10-32(23)15-16-11-18(27)14-19(28)12-16/h5-14H,3-4,15H2,1-2H3. The third-order valence-corrected chi connectivity index (χ3v) is 6.34. The fraction of sp³-hybridized carbons (Fsp3) is 0.192. The van der Waals surface area contributed by atoms with E-state index in [0.717, 1.165) is 16.5 Å². The van der Waals surface area contributed by atoms with Gasteiger partial charge in [0, 0.05) is 52.3 Å². The van der Waals surface area contributed by atoms with Crippen LogP contribution in [0, 0.1) is 5.82 Å². The average Bonchev–Trinajstić information content (AvgIpc) is 3.18. The van der Waals surface area contributed by atoms with Gasteiger partial charge in [-0.1, -0.05) is 40.9 Å². The number of carbonyl (C=O) groups is 1. The van der Waals surface area contributed by atoms with Crippen LogP contribution < -0.4 is 4.74 Å². The molecule has 8 heteroatoms. The SMILES string of the molecule is CCN(CC)C(=O)Oc1ccc2c(ccn2Cc2cc(Cl)cc(Cl)c2)c1-c1ccc(F)c(Cl)c1. The second-order valence-corrected chi connectivity index (χ2v) is 9.04. The van der Waals surface area contributed by atoms with E-state index in [2.05, 4.69) is 0 Å². The molecule has 34 heavy (non-hydrogen) atoms. The summed E-state index contributed by atoms with van der Waals surface area (Å²) in [4.78, 5) is 14.3. The number of fused-ring (bicyclic) bond motifs is 1. The molecule has 4 nitrogen and oxygen atoms in total. The smallest absolute Gasteiger partial charge is 0.410 e. The predicted octanol–water partition coefficient (Wildman–Crippen LogP) is 8.30. The summed E-state index contributed by atoms with van der Waals surface area (Å²) in [6, 6.07) is 15.4. The van der Waals surface area contributed by atoms with Crippen LogP contribution in [-0.4, -0.2) is 28.6 Å². The molecule has 3 aromatic carbocycles. The predicted molar refractivity (Wildman–Crippen MR) is 137 cm³/mol. The van der Waals surface area contributed by atoms with Crippen molar-refractivity contribution in [3.05, 3.63) is 87.2 Å². The molecule has 0 N–H and O–H groups in total. The van der Waals surface area contributed by atoms with Crippen molar-refractivity contribution >= 4 is 51.8 Å². The maximum Gasteiger partial charge on any atom is 0.415 e. The lowest BCUT2D eigenvalue weighted by molar-refractivity contribution is 0.157. The number of hydrogen-bond acceptors (Lipinski definition) is 2. The Kier molecular flexibility index (Phi) is 7.36. The van der Waals surface area contributed by atoms with Gasteiger partial charge in [0.15, 0.2) is 0 Å². The highest BCUT2D eigenvalue weighted by atomic mass is 35.5. The molecule has 0 aliphatic heterocycles. The summed E-state index contributed by atoms with van der Waals surface area (Å²) >= 11 is 18.4. The van der Waals surface area contributed by atoms with E-state index in [1.54, 1.807) is 23.1 Å². The van der Waals surface area contributed by atoms with Gasteiger partial charge in [-0.3, -0.25) is 0 Å². The summed E-state index contributed by atoms with van der Waals surface area (Å²) in [5, 5.41) is 1.95. The topological polar surface area (TPSA) is 34.5 Å². The molecule has 0 bridgehead atoms. The van der Waals surface area contributed by atoms with Crippen LogP contribution in [0.5, 0.6) is 5.75 Å². The number of rotatable bonds is 6. The second kappa shape index (κ2) is 10.3. The fourth-order valence-corrected chi connectivity index (χ4v) is 4.72. The van der Waals surface area contributed by atoms with Crippen LogP contribution in [0.4, 0.5) is 9.18 Å². The molecule has 4 aromatic rings. The van der Waals surface area contributed by atoms with Gasteiger partial charge in [0.1, 0.15) is 11.6 Å². The molecule has 0 unspecified atom stereocenters. The molecule has 1 aromatic heterocycles. The normalized spacial score (nSPS) is 11.1. The van der Waals surface area contributed by atoms with Crippen molar-refractivity contribution in [1.82, 2.24) is 9.47 Å². The zero-order chi connectivity index (χ0) is 24.4. The maximum atomic E-state index is 13.9. The summed E-state index contributed by atoms with van der Waals surface area (Å²) < 4.78 is 21.7. The molecule has 0 saturated heterocycles. The van der Waals surface area contributed by atoms with Gasteiger partial charge < -0.3 is 14.2 Å². The third-order valence-electron chi connectivity index (χ3n) is 5.62. The second-order valence-electron chi connectivity index (χ2n) is 7.76. The average molecular weight is 520 g/mol. The van der Waals surface area contributed by atoms with Crippen molar-refractivity contribution in [2.75, 3.05) is 13.1 Å². The monoisotopic (exact) mass is 518 g/mol. The number of ether oxygens (including phenoxy) is 1. The quantitative estimate of drug-likeness (QED) is 0.257. The van der Waals surface area contributed by atoms with Gasteiger partial charge in [-0.15, -0.1) is 0 Å². The van der Waals surface area contributed by atoms with Gasteiger partial charge in [-0.25, -0.2) is 9.18 Å². The van der Waals surface area contributed by atoms with Crippen LogP contribution in [0.1, 0.15) is 19.4 Å². The number of carbonyl (C=O) groups excluding carboxylic acids is 1. The summed E-state index contributed by atoms with van der Waals surface area (Å²) in [5.41, 5.74) is 3.14. The third kappa shape index (κ3) is 5.02. The Balaban J connectivity index is 1.84. The van der Waals surface area contributed by atoms with Crippen molar-refractivity contribution < 1.29 is 13.9 Å². The van der Waals surface area contributed by atoms with Gasteiger partial charge >= 0.3 is 6.09 Å². The summed E-state index contributed by atoms with van der Waals surface area (Å²) in [6.07, 6.45) is 1.48. The van der Waals surface area contributed by atoms with Crippen LogP contribution in [0.25, 0.3) is 22.0 Å². The summed E-state index contributed by atoms with van der Waals surface area (Å²) in [7, 11) is 0. The Hall–Kier alpha value is -2.73.